The SMILES string of the molecule is COC1(CC(=O)NCC2(CO)CCCC2)CCC1. The summed E-state index contributed by atoms with van der Waals surface area (Å²) in [5.74, 6) is 0.0660. The van der Waals surface area contributed by atoms with Gasteiger partial charge in [-0.05, 0) is 32.1 Å². The second-order valence-corrected chi connectivity index (χ2v) is 6.06. The zero-order valence-corrected chi connectivity index (χ0v) is 11.3. The fourth-order valence-corrected chi connectivity index (χ4v) is 3.18. The van der Waals surface area contributed by atoms with Gasteiger partial charge in [0.1, 0.15) is 0 Å². The van der Waals surface area contributed by atoms with E-state index in [9.17, 15) is 9.90 Å². The molecule has 104 valence electrons. The van der Waals surface area contributed by atoms with Crippen LogP contribution in [0.15, 0.2) is 0 Å². The predicted molar refractivity (Wildman–Crippen MR) is 69.2 cm³/mol. The van der Waals surface area contributed by atoms with E-state index < -0.39 is 0 Å². The summed E-state index contributed by atoms with van der Waals surface area (Å²) in [5, 5.41) is 12.5. The summed E-state index contributed by atoms with van der Waals surface area (Å²) in [6, 6.07) is 0. The van der Waals surface area contributed by atoms with Crippen LogP contribution in [0, 0.1) is 5.41 Å². The molecule has 0 saturated heterocycles. The van der Waals surface area contributed by atoms with Crippen LogP contribution in [0.4, 0.5) is 0 Å². The van der Waals surface area contributed by atoms with Gasteiger partial charge in [-0.15, -0.1) is 0 Å². The van der Waals surface area contributed by atoms with Gasteiger partial charge in [-0.25, -0.2) is 0 Å². The van der Waals surface area contributed by atoms with Crippen molar-refractivity contribution >= 4 is 5.91 Å². The van der Waals surface area contributed by atoms with Crippen LogP contribution in [0.5, 0.6) is 0 Å². The molecule has 2 saturated carbocycles. The molecule has 4 heteroatoms. The van der Waals surface area contributed by atoms with Gasteiger partial charge in [0, 0.05) is 19.1 Å². The lowest BCUT2D eigenvalue weighted by Crippen LogP contribution is -2.46. The Morgan fingerprint density at radius 3 is 2.33 bits per heavy atom. The van der Waals surface area contributed by atoms with Gasteiger partial charge in [0.25, 0.3) is 0 Å². The van der Waals surface area contributed by atoms with Crippen molar-refractivity contribution < 1.29 is 14.6 Å². The first-order chi connectivity index (χ1) is 8.64. The fraction of sp³-hybridized carbons (Fsp3) is 0.929. The number of hydrogen-bond acceptors (Lipinski definition) is 3. The highest BCUT2D eigenvalue weighted by Crippen LogP contribution is 2.39. The van der Waals surface area contributed by atoms with E-state index in [2.05, 4.69) is 5.32 Å². The Morgan fingerprint density at radius 2 is 1.89 bits per heavy atom. The minimum absolute atomic E-state index is 0.0600. The number of aliphatic hydroxyl groups is 1. The molecule has 2 rings (SSSR count). The average molecular weight is 255 g/mol. The van der Waals surface area contributed by atoms with Gasteiger partial charge in [-0.2, -0.15) is 0 Å². The van der Waals surface area contributed by atoms with Crippen LogP contribution in [0.1, 0.15) is 51.4 Å². The minimum Gasteiger partial charge on any atom is -0.396 e. The van der Waals surface area contributed by atoms with Crippen molar-refractivity contribution in [2.24, 2.45) is 5.41 Å². The van der Waals surface area contributed by atoms with Crippen LogP contribution in [0.25, 0.3) is 0 Å². The third kappa shape index (κ3) is 2.86. The zero-order valence-electron chi connectivity index (χ0n) is 11.3. The summed E-state index contributed by atoms with van der Waals surface area (Å²) in [6.45, 7) is 0.796. The first kappa shape index (κ1) is 13.8. The highest BCUT2D eigenvalue weighted by molar-refractivity contribution is 5.77. The minimum atomic E-state index is -0.202. The number of amides is 1. The third-order valence-corrected chi connectivity index (χ3v) is 4.84. The fourth-order valence-electron chi connectivity index (χ4n) is 3.18. The molecule has 2 N–H and O–H groups in total. The molecule has 4 nitrogen and oxygen atoms in total. The molecule has 2 aliphatic carbocycles. The summed E-state index contributed by atoms with van der Waals surface area (Å²) in [5.41, 5.74) is -0.262. The van der Waals surface area contributed by atoms with Gasteiger partial charge in [0.15, 0.2) is 0 Å². The molecule has 0 unspecified atom stereocenters. The van der Waals surface area contributed by atoms with Crippen molar-refractivity contribution in [1.82, 2.24) is 5.32 Å². The summed E-state index contributed by atoms with van der Waals surface area (Å²) >= 11 is 0. The number of ether oxygens (including phenoxy) is 1. The topological polar surface area (TPSA) is 58.6 Å². The quantitative estimate of drug-likeness (QED) is 0.758. The van der Waals surface area contributed by atoms with Gasteiger partial charge < -0.3 is 15.2 Å². The number of aliphatic hydroxyl groups excluding tert-OH is 1. The second kappa shape index (κ2) is 5.57. The monoisotopic (exact) mass is 255 g/mol. The first-order valence-electron chi connectivity index (χ1n) is 7.06. The third-order valence-electron chi connectivity index (χ3n) is 4.84. The van der Waals surface area contributed by atoms with Gasteiger partial charge in [-0.1, -0.05) is 12.8 Å². The number of carbonyl (C=O) groups is 1. The largest absolute Gasteiger partial charge is 0.396 e. The van der Waals surface area contributed by atoms with E-state index >= 15 is 0 Å². The van der Waals surface area contributed by atoms with Gasteiger partial charge in [0.2, 0.25) is 5.91 Å². The number of carbonyl (C=O) groups excluding carboxylic acids is 1. The molecule has 0 aromatic carbocycles. The molecule has 2 fully saturated rings. The van der Waals surface area contributed by atoms with E-state index in [1.807, 2.05) is 0 Å². The molecule has 0 spiro atoms. The number of rotatable bonds is 6. The molecule has 18 heavy (non-hydrogen) atoms. The van der Waals surface area contributed by atoms with Crippen LogP contribution in [-0.4, -0.2) is 36.9 Å². The average Bonchev–Trinajstić information content (AvgIpc) is 2.81. The smallest absolute Gasteiger partial charge is 0.222 e. The lowest BCUT2D eigenvalue weighted by Gasteiger charge is -2.40. The molecule has 0 heterocycles. The Labute approximate surface area is 109 Å². The van der Waals surface area contributed by atoms with Crippen LogP contribution in [0.3, 0.4) is 0 Å². The van der Waals surface area contributed by atoms with Crippen molar-refractivity contribution in [2.45, 2.75) is 57.0 Å². The standard InChI is InChI=1S/C14H25NO3/c1-18-14(7-4-8-14)9-12(17)15-10-13(11-16)5-2-3-6-13/h16H,2-11H2,1H3,(H,15,17). The first-order valence-corrected chi connectivity index (χ1v) is 7.06. The summed E-state index contributed by atoms with van der Waals surface area (Å²) < 4.78 is 5.46. The Morgan fingerprint density at radius 1 is 1.22 bits per heavy atom. The van der Waals surface area contributed by atoms with E-state index in [4.69, 9.17) is 4.74 Å². The van der Waals surface area contributed by atoms with E-state index in [-0.39, 0.29) is 23.5 Å². The number of hydrogen-bond donors (Lipinski definition) is 2. The lowest BCUT2D eigenvalue weighted by molar-refractivity contribution is -0.134. The maximum atomic E-state index is 12.0. The van der Waals surface area contributed by atoms with Crippen molar-refractivity contribution in [3.63, 3.8) is 0 Å². The van der Waals surface area contributed by atoms with Crippen molar-refractivity contribution in [2.75, 3.05) is 20.3 Å². The van der Waals surface area contributed by atoms with Crippen molar-refractivity contribution in [3.8, 4) is 0 Å². The van der Waals surface area contributed by atoms with Gasteiger partial charge >= 0.3 is 0 Å². The van der Waals surface area contributed by atoms with Gasteiger partial charge in [0.05, 0.1) is 18.6 Å². The van der Waals surface area contributed by atoms with E-state index in [0.29, 0.717) is 13.0 Å². The molecular weight excluding hydrogens is 230 g/mol. The molecule has 0 aromatic rings. The Kier molecular flexibility index (Phi) is 4.28. The molecule has 0 atom stereocenters. The molecule has 2 aliphatic rings. The maximum Gasteiger partial charge on any atom is 0.222 e. The maximum absolute atomic E-state index is 12.0. The summed E-state index contributed by atoms with van der Waals surface area (Å²) in [4.78, 5) is 12.0. The van der Waals surface area contributed by atoms with Crippen molar-refractivity contribution in [1.29, 1.82) is 0 Å². The van der Waals surface area contributed by atoms with Gasteiger partial charge in [-0.3, -0.25) is 4.79 Å². The van der Waals surface area contributed by atoms with E-state index in [1.54, 1.807) is 7.11 Å². The number of nitrogens with one attached hydrogen (secondary N) is 1. The van der Waals surface area contributed by atoms with E-state index in [1.165, 1.54) is 12.8 Å². The normalized spacial score (nSPS) is 24.6. The molecule has 0 radical (unpaired) electrons. The zero-order chi connectivity index (χ0) is 13.1. The predicted octanol–water partition coefficient (Wildman–Crippen LogP) is 1.61. The summed E-state index contributed by atoms with van der Waals surface area (Å²) in [6.07, 6.45) is 7.98. The molecule has 0 bridgehead atoms. The van der Waals surface area contributed by atoms with Crippen LogP contribution >= 0.6 is 0 Å². The second-order valence-electron chi connectivity index (χ2n) is 6.06. The van der Waals surface area contributed by atoms with Crippen LogP contribution < -0.4 is 5.32 Å². The Balaban J connectivity index is 1.77. The van der Waals surface area contributed by atoms with Crippen LogP contribution in [-0.2, 0) is 9.53 Å². The molecule has 0 aromatic heterocycles. The Hall–Kier alpha value is -0.610. The Bertz CT molecular complexity index is 288. The summed E-state index contributed by atoms with van der Waals surface area (Å²) in [7, 11) is 1.69. The molecule has 0 aliphatic heterocycles. The molecular formula is C14H25NO3. The van der Waals surface area contributed by atoms with Crippen molar-refractivity contribution in [3.05, 3.63) is 0 Å². The molecule has 1 amide bonds. The highest BCUT2D eigenvalue weighted by Gasteiger charge is 2.40. The lowest BCUT2D eigenvalue weighted by atomic mass is 9.77. The highest BCUT2D eigenvalue weighted by atomic mass is 16.5. The number of methoxy groups -OCH3 is 1. The van der Waals surface area contributed by atoms with Crippen LogP contribution in [0.2, 0.25) is 0 Å². The van der Waals surface area contributed by atoms with E-state index in [0.717, 1.165) is 32.1 Å².